The highest BCUT2D eigenvalue weighted by Gasteiger charge is 2.45. The van der Waals surface area contributed by atoms with Gasteiger partial charge < -0.3 is 19.9 Å². The van der Waals surface area contributed by atoms with Crippen LogP contribution in [0.15, 0.2) is 0 Å². The highest BCUT2D eigenvalue weighted by atomic mass is 16.5. The van der Waals surface area contributed by atoms with Crippen molar-refractivity contribution in [2.24, 2.45) is 0 Å². The number of hydrogen-bond donors (Lipinski definition) is 2. The molecule has 2 heterocycles. The summed E-state index contributed by atoms with van der Waals surface area (Å²) in [4.78, 5) is 22.9. The summed E-state index contributed by atoms with van der Waals surface area (Å²) >= 11 is 0. The fraction of sp³-hybridized carbons (Fsp3) is 0.800. The van der Waals surface area contributed by atoms with Gasteiger partial charge in [-0.1, -0.05) is 0 Å². The lowest BCUT2D eigenvalue weighted by Gasteiger charge is -2.25. The number of rotatable bonds is 3. The van der Waals surface area contributed by atoms with E-state index in [4.69, 9.17) is 14.6 Å². The number of carbonyl (C=O) groups is 2. The van der Waals surface area contributed by atoms with Crippen molar-refractivity contribution in [2.45, 2.75) is 30.9 Å². The Balaban J connectivity index is 2.00. The second-order valence-corrected chi connectivity index (χ2v) is 4.18. The van der Waals surface area contributed by atoms with Gasteiger partial charge >= 0.3 is 5.97 Å². The van der Waals surface area contributed by atoms with Crippen molar-refractivity contribution in [3.63, 3.8) is 0 Å². The zero-order chi connectivity index (χ0) is 11.6. The number of carbonyl (C=O) groups excluding carboxylic acids is 1. The van der Waals surface area contributed by atoms with Gasteiger partial charge in [0.25, 0.3) is 0 Å². The minimum absolute atomic E-state index is 0.0286. The summed E-state index contributed by atoms with van der Waals surface area (Å²) in [5.41, 5.74) is -1.26. The first-order valence-electron chi connectivity index (χ1n) is 5.39. The van der Waals surface area contributed by atoms with Gasteiger partial charge in [0.2, 0.25) is 5.91 Å². The predicted molar refractivity (Wildman–Crippen MR) is 52.9 cm³/mol. The monoisotopic (exact) mass is 229 g/mol. The van der Waals surface area contributed by atoms with Crippen molar-refractivity contribution in [3.05, 3.63) is 0 Å². The van der Waals surface area contributed by atoms with Crippen LogP contribution >= 0.6 is 0 Å². The van der Waals surface area contributed by atoms with Crippen molar-refractivity contribution in [2.75, 3.05) is 19.8 Å². The number of carboxylic acids is 1. The molecule has 0 aromatic heterocycles. The first kappa shape index (κ1) is 11.3. The smallest absolute Gasteiger partial charge is 0.331 e. The summed E-state index contributed by atoms with van der Waals surface area (Å²) in [6, 6.07) is 0. The van der Waals surface area contributed by atoms with Crippen LogP contribution in [0.3, 0.4) is 0 Å². The quantitative estimate of drug-likeness (QED) is 0.683. The van der Waals surface area contributed by atoms with E-state index in [0.717, 1.165) is 6.42 Å². The van der Waals surface area contributed by atoms with E-state index in [1.54, 1.807) is 0 Å². The molecular formula is C10H15NO5. The molecule has 0 saturated carbocycles. The molecule has 1 amide bonds. The van der Waals surface area contributed by atoms with Gasteiger partial charge in [0.05, 0.1) is 6.61 Å². The van der Waals surface area contributed by atoms with E-state index < -0.39 is 17.6 Å². The molecule has 6 nitrogen and oxygen atoms in total. The fourth-order valence-electron chi connectivity index (χ4n) is 1.99. The summed E-state index contributed by atoms with van der Waals surface area (Å²) in [6.07, 6.45) is 1.30. The topological polar surface area (TPSA) is 84.9 Å². The molecule has 0 aliphatic carbocycles. The first-order chi connectivity index (χ1) is 7.64. The average molecular weight is 229 g/mol. The molecule has 2 saturated heterocycles. The normalized spacial score (nSPS) is 33.9. The molecule has 6 heteroatoms. The third-order valence-electron chi connectivity index (χ3n) is 3.02. The number of hydrogen-bond acceptors (Lipinski definition) is 4. The van der Waals surface area contributed by atoms with E-state index in [1.807, 2.05) is 0 Å². The summed E-state index contributed by atoms with van der Waals surface area (Å²) < 4.78 is 10.3. The Morgan fingerprint density at radius 3 is 2.69 bits per heavy atom. The molecule has 0 aromatic carbocycles. The molecule has 0 aromatic rings. The molecule has 0 spiro atoms. The van der Waals surface area contributed by atoms with E-state index in [0.29, 0.717) is 26.1 Å². The molecule has 2 N–H and O–H groups in total. The van der Waals surface area contributed by atoms with Gasteiger partial charge in [-0.3, -0.25) is 4.79 Å². The third kappa shape index (κ3) is 2.03. The third-order valence-corrected chi connectivity index (χ3v) is 3.02. The van der Waals surface area contributed by atoms with Crippen LogP contribution in [-0.4, -0.2) is 48.4 Å². The molecule has 2 aliphatic rings. The molecule has 16 heavy (non-hydrogen) atoms. The average Bonchev–Trinajstić information content (AvgIpc) is 2.88. The lowest BCUT2D eigenvalue weighted by atomic mass is 9.98. The van der Waals surface area contributed by atoms with Crippen LogP contribution in [0.2, 0.25) is 0 Å². The second kappa shape index (κ2) is 4.39. The number of ether oxygens (including phenoxy) is 2. The summed E-state index contributed by atoms with van der Waals surface area (Å²) in [5, 5.41) is 11.7. The van der Waals surface area contributed by atoms with Gasteiger partial charge in [-0.25, -0.2) is 4.79 Å². The fourth-order valence-corrected chi connectivity index (χ4v) is 1.99. The van der Waals surface area contributed by atoms with E-state index in [2.05, 4.69) is 5.32 Å². The molecular weight excluding hydrogens is 214 g/mol. The first-order valence-corrected chi connectivity index (χ1v) is 5.39. The van der Waals surface area contributed by atoms with Gasteiger partial charge in [0.15, 0.2) is 5.54 Å². The maximum absolute atomic E-state index is 11.8. The van der Waals surface area contributed by atoms with Crippen LogP contribution in [0.25, 0.3) is 0 Å². The van der Waals surface area contributed by atoms with Gasteiger partial charge in [-0.15, -0.1) is 0 Å². The zero-order valence-corrected chi connectivity index (χ0v) is 8.90. The Morgan fingerprint density at radius 2 is 2.19 bits per heavy atom. The van der Waals surface area contributed by atoms with Crippen molar-refractivity contribution < 1.29 is 24.2 Å². The summed E-state index contributed by atoms with van der Waals surface area (Å²) in [6.45, 7) is 0.952. The van der Waals surface area contributed by atoms with Crippen molar-refractivity contribution in [3.8, 4) is 0 Å². The molecule has 90 valence electrons. The Bertz CT molecular complexity index is 292. The molecule has 2 unspecified atom stereocenters. The maximum Gasteiger partial charge on any atom is 0.331 e. The summed E-state index contributed by atoms with van der Waals surface area (Å²) in [5.74, 6) is -1.39. The minimum Gasteiger partial charge on any atom is -0.479 e. The summed E-state index contributed by atoms with van der Waals surface area (Å²) in [7, 11) is 0. The molecule has 2 fully saturated rings. The highest BCUT2D eigenvalue weighted by Crippen LogP contribution is 2.21. The number of amides is 1. The molecule has 2 aliphatic heterocycles. The van der Waals surface area contributed by atoms with Crippen molar-refractivity contribution in [1.82, 2.24) is 5.32 Å². The van der Waals surface area contributed by atoms with Crippen LogP contribution in [-0.2, 0) is 19.1 Å². The van der Waals surface area contributed by atoms with Crippen LogP contribution in [0, 0.1) is 0 Å². The second-order valence-electron chi connectivity index (χ2n) is 4.18. The van der Waals surface area contributed by atoms with Crippen molar-refractivity contribution in [1.29, 1.82) is 0 Å². The Labute approximate surface area is 92.9 Å². The predicted octanol–water partition coefficient (Wildman–Crippen LogP) is -0.475. The Hall–Kier alpha value is -1.14. The van der Waals surface area contributed by atoms with E-state index >= 15 is 0 Å². The van der Waals surface area contributed by atoms with Crippen LogP contribution < -0.4 is 5.32 Å². The highest BCUT2D eigenvalue weighted by molar-refractivity contribution is 5.89. The van der Waals surface area contributed by atoms with E-state index in [1.165, 1.54) is 0 Å². The lowest BCUT2D eigenvalue weighted by molar-refractivity contribution is -0.149. The Morgan fingerprint density at radius 1 is 1.38 bits per heavy atom. The van der Waals surface area contributed by atoms with Crippen molar-refractivity contribution >= 4 is 11.9 Å². The maximum atomic E-state index is 11.8. The van der Waals surface area contributed by atoms with Gasteiger partial charge in [0.1, 0.15) is 6.10 Å². The number of nitrogens with one attached hydrogen (secondary N) is 1. The van der Waals surface area contributed by atoms with Crippen LogP contribution in [0.4, 0.5) is 0 Å². The zero-order valence-electron chi connectivity index (χ0n) is 8.90. The Kier molecular flexibility index (Phi) is 3.11. The number of aliphatic carboxylic acids is 1. The van der Waals surface area contributed by atoms with Gasteiger partial charge in [0, 0.05) is 19.6 Å². The standard InChI is InChI=1S/C10H15NO5/c12-8(7-2-1-4-16-7)11-10(9(13)14)3-5-15-6-10/h7H,1-6H2,(H,11,12)(H,13,14). The van der Waals surface area contributed by atoms with E-state index in [-0.39, 0.29) is 12.5 Å². The van der Waals surface area contributed by atoms with E-state index in [9.17, 15) is 9.59 Å². The van der Waals surface area contributed by atoms with Gasteiger partial charge in [-0.2, -0.15) is 0 Å². The molecule has 2 rings (SSSR count). The SMILES string of the molecule is O=C(NC1(C(=O)O)CCOC1)C1CCCO1. The molecule has 0 bridgehead atoms. The lowest BCUT2D eigenvalue weighted by Crippen LogP contribution is -2.57. The molecule has 2 atom stereocenters. The number of carboxylic acid groups (broad SMARTS) is 1. The van der Waals surface area contributed by atoms with Crippen LogP contribution in [0.1, 0.15) is 19.3 Å². The minimum atomic E-state index is -1.26. The molecule has 0 radical (unpaired) electrons. The van der Waals surface area contributed by atoms with Gasteiger partial charge in [-0.05, 0) is 12.8 Å². The van der Waals surface area contributed by atoms with Crippen LogP contribution in [0.5, 0.6) is 0 Å². The largest absolute Gasteiger partial charge is 0.479 e.